The Morgan fingerprint density at radius 3 is 3.00 bits per heavy atom. The van der Waals surface area contributed by atoms with Gasteiger partial charge in [0.25, 0.3) is 0 Å². The summed E-state index contributed by atoms with van der Waals surface area (Å²) in [7, 11) is 3.40. The summed E-state index contributed by atoms with van der Waals surface area (Å²) in [5.74, 6) is 1.07. The third kappa shape index (κ3) is 3.80. The molecule has 1 aliphatic heterocycles. The van der Waals surface area contributed by atoms with E-state index >= 15 is 0 Å². The largest absolute Gasteiger partial charge is 0.497 e. The van der Waals surface area contributed by atoms with Crippen LogP contribution in [0, 0.1) is 5.82 Å². The van der Waals surface area contributed by atoms with Crippen molar-refractivity contribution in [3.05, 3.63) is 42.0 Å². The molecule has 1 saturated heterocycles. The lowest BCUT2D eigenvalue weighted by Crippen LogP contribution is -2.41. The highest BCUT2D eigenvalue weighted by molar-refractivity contribution is 5.29. The normalized spacial score (nSPS) is 20.7. The maximum absolute atomic E-state index is 13.9. The lowest BCUT2D eigenvalue weighted by Gasteiger charge is -2.20. The molecule has 0 saturated carbocycles. The molecule has 2 heterocycles. The van der Waals surface area contributed by atoms with Crippen LogP contribution in [-0.2, 0) is 18.3 Å². The summed E-state index contributed by atoms with van der Waals surface area (Å²) in [6.07, 6.45) is 3.33. The molecular weight excluding hydrogens is 301 g/mol. The number of benzene rings is 1. The van der Waals surface area contributed by atoms with Crippen LogP contribution in [0.1, 0.15) is 5.56 Å². The zero-order chi connectivity index (χ0) is 16.2. The van der Waals surface area contributed by atoms with Gasteiger partial charge in [0.2, 0.25) is 0 Å². The first-order valence-corrected chi connectivity index (χ1v) is 7.44. The molecule has 1 fully saturated rings. The predicted octanol–water partition coefficient (Wildman–Crippen LogP) is 1.50. The first-order chi connectivity index (χ1) is 11.2. The van der Waals surface area contributed by atoms with Crippen LogP contribution in [0.5, 0.6) is 11.5 Å². The number of nitrogens with one attached hydrogen (secondary N) is 1. The molecule has 1 aromatic carbocycles. The van der Waals surface area contributed by atoms with Crippen LogP contribution in [-0.4, -0.2) is 42.2 Å². The van der Waals surface area contributed by atoms with Gasteiger partial charge in [-0.15, -0.1) is 0 Å². The van der Waals surface area contributed by atoms with Crippen molar-refractivity contribution in [2.75, 3.05) is 20.3 Å². The van der Waals surface area contributed by atoms with Crippen molar-refractivity contribution in [3.63, 3.8) is 0 Å². The predicted molar refractivity (Wildman–Crippen MR) is 82.0 cm³/mol. The maximum atomic E-state index is 13.9. The molecule has 0 aliphatic carbocycles. The molecule has 124 valence electrons. The lowest BCUT2D eigenvalue weighted by molar-refractivity contribution is 0.139. The maximum Gasteiger partial charge on any atom is 0.157 e. The SMILES string of the molecule is COc1ccc(F)c(CN[C@H]2COC[C@H]2Oc2cnn(C)c2)c1. The Bertz CT molecular complexity index is 662. The summed E-state index contributed by atoms with van der Waals surface area (Å²) >= 11 is 0. The molecule has 0 amide bonds. The monoisotopic (exact) mass is 321 g/mol. The third-order valence-corrected chi connectivity index (χ3v) is 3.80. The number of aryl methyl sites for hydroxylation is 1. The van der Waals surface area contributed by atoms with Gasteiger partial charge in [0.05, 0.1) is 38.8 Å². The van der Waals surface area contributed by atoms with E-state index in [1.165, 1.54) is 6.07 Å². The van der Waals surface area contributed by atoms with Gasteiger partial charge in [-0.2, -0.15) is 5.10 Å². The van der Waals surface area contributed by atoms with Crippen LogP contribution in [0.4, 0.5) is 4.39 Å². The highest BCUT2D eigenvalue weighted by Gasteiger charge is 2.30. The number of methoxy groups -OCH3 is 1. The molecule has 6 nitrogen and oxygen atoms in total. The van der Waals surface area contributed by atoms with E-state index in [9.17, 15) is 4.39 Å². The van der Waals surface area contributed by atoms with Crippen molar-refractivity contribution in [1.82, 2.24) is 15.1 Å². The minimum atomic E-state index is -0.262. The number of hydrogen-bond donors (Lipinski definition) is 1. The molecule has 1 aromatic heterocycles. The highest BCUT2D eigenvalue weighted by atomic mass is 19.1. The van der Waals surface area contributed by atoms with Crippen molar-refractivity contribution >= 4 is 0 Å². The van der Waals surface area contributed by atoms with Crippen molar-refractivity contribution in [1.29, 1.82) is 0 Å². The average Bonchev–Trinajstić information content (AvgIpc) is 3.16. The van der Waals surface area contributed by atoms with Gasteiger partial charge in [-0.25, -0.2) is 4.39 Å². The van der Waals surface area contributed by atoms with Gasteiger partial charge in [-0.05, 0) is 18.2 Å². The first-order valence-electron chi connectivity index (χ1n) is 7.44. The van der Waals surface area contributed by atoms with Gasteiger partial charge in [-0.3, -0.25) is 4.68 Å². The molecule has 2 atom stereocenters. The fraction of sp³-hybridized carbons (Fsp3) is 0.438. The molecule has 7 heteroatoms. The van der Waals surface area contributed by atoms with E-state index in [-0.39, 0.29) is 18.0 Å². The molecule has 1 N–H and O–H groups in total. The Morgan fingerprint density at radius 2 is 2.26 bits per heavy atom. The number of halogens is 1. The molecule has 0 radical (unpaired) electrons. The number of aromatic nitrogens is 2. The minimum Gasteiger partial charge on any atom is -0.497 e. The standard InChI is InChI=1S/C16H20FN3O3/c1-20-8-13(7-19-20)23-16-10-22-9-15(16)18-6-11-5-12(21-2)3-4-14(11)17/h3-5,7-8,15-16,18H,6,9-10H2,1-2H3/t15-,16+/m0/s1. The smallest absolute Gasteiger partial charge is 0.157 e. The van der Waals surface area contributed by atoms with Crippen molar-refractivity contribution in [2.45, 2.75) is 18.7 Å². The molecule has 0 bridgehead atoms. The summed E-state index contributed by atoms with van der Waals surface area (Å²) in [6.45, 7) is 1.40. The molecule has 23 heavy (non-hydrogen) atoms. The highest BCUT2D eigenvalue weighted by Crippen LogP contribution is 2.19. The third-order valence-electron chi connectivity index (χ3n) is 3.80. The lowest BCUT2D eigenvalue weighted by atomic mass is 10.1. The molecule has 0 spiro atoms. The van der Waals surface area contributed by atoms with Gasteiger partial charge in [0.1, 0.15) is 17.7 Å². The topological polar surface area (TPSA) is 57.5 Å². The van der Waals surface area contributed by atoms with Crippen molar-refractivity contribution < 1.29 is 18.6 Å². The second-order valence-electron chi connectivity index (χ2n) is 5.49. The van der Waals surface area contributed by atoms with E-state index in [1.54, 1.807) is 36.3 Å². The molecule has 1 aliphatic rings. The molecular formula is C16H20FN3O3. The fourth-order valence-electron chi connectivity index (χ4n) is 2.53. The van der Waals surface area contributed by atoms with E-state index in [1.807, 2.05) is 7.05 Å². The number of ether oxygens (including phenoxy) is 3. The Kier molecular flexibility index (Phi) is 4.78. The zero-order valence-corrected chi connectivity index (χ0v) is 13.2. The zero-order valence-electron chi connectivity index (χ0n) is 13.2. The number of hydrogen-bond acceptors (Lipinski definition) is 5. The first kappa shape index (κ1) is 15.8. The van der Waals surface area contributed by atoms with Gasteiger partial charge >= 0.3 is 0 Å². The summed E-state index contributed by atoms with van der Waals surface area (Å²) in [5.41, 5.74) is 0.552. The average molecular weight is 321 g/mol. The van der Waals surface area contributed by atoms with Crippen LogP contribution < -0.4 is 14.8 Å². The quantitative estimate of drug-likeness (QED) is 0.874. The van der Waals surface area contributed by atoms with Crippen molar-refractivity contribution in [3.8, 4) is 11.5 Å². The minimum absolute atomic E-state index is 0.0131. The van der Waals surface area contributed by atoms with E-state index in [2.05, 4.69) is 10.4 Å². The summed E-state index contributed by atoms with van der Waals surface area (Å²) < 4.78 is 32.0. The fourth-order valence-corrected chi connectivity index (χ4v) is 2.53. The van der Waals surface area contributed by atoms with E-state index in [4.69, 9.17) is 14.2 Å². The molecule has 3 rings (SSSR count). The second kappa shape index (κ2) is 6.97. The Hall–Kier alpha value is -2.12. The van der Waals surface area contributed by atoms with Gasteiger partial charge in [0.15, 0.2) is 5.75 Å². The van der Waals surface area contributed by atoms with Crippen LogP contribution in [0.25, 0.3) is 0 Å². The molecule has 2 aromatic rings. The molecule has 0 unspecified atom stereocenters. The van der Waals surface area contributed by atoms with Gasteiger partial charge < -0.3 is 19.5 Å². The second-order valence-corrected chi connectivity index (χ2v) is 5.49. The number of rotatable bonds is 6. The van der Waals surface area contributed by atoms with Gasteiger partial charge in [0, 0.05) is 19.2 Å². The van der Waals surface area contributed by atoms with Crippen LogP contribution in [0.3, 0.4) is 0 Å². The van der Waals surface area contributed by atoms with Crippen LogP contribution in [0.15, 0.2) is 30.6 Å². The van der Waals surface area contributed by atoms with Gasteiger partial charge in [-0.1, -0.05) is 0 Å². The van der Waals surface area contributed by atoms with E-state index < -0.39 is 0 Å². The Morgan fingerprint density at radius 1 is 1.39 bits per heavy atom. The van der Waals surface area contributed by atoms with E-state index in [0.29, 0.717) is 36.8 Å². The summed E-state index contributed by atoms with van der Waals surface area (Å²) in [5, 5.41) is 7.37. The van der Waals surface area contributed by atoms with E-state index in [0.717, 1.165) is 0 Å². The van der Waals surface area contributed by atoms with Crippen LogP contribution >= 0.6 is 0 Å². The Balaban J connectivity index is 1.60. The van der Waals surface area contributed by atoms with Crippen LogP contribution in [0.2, 0.25) is 0 Å². The number of nitrogens with zero attached hydrogens (tertiary/aromatic N) is 2. The van der Waals surface area contributed by atoms with Crippen molar-refractivity contribution in [2.24, 2.45) is 7.05 Å². The summed E-state index contributed by atoms with van der Waals surface area (Å²) in [4.78, 5) is 0. The Labute approximate surface area is 134 Å². The summed E-state index contributed by atoms with van der Waals surface area (Å²) in [6, 6.07) is 4.69.